The Morgan fingerprint density at radius 2 is 2.06 bits per heavy atom. The van der Waals surface area contributed by atoms with Crippen LogP contribution in [0.5, 0.6) is 11.5 Å². The summed E-state index contributed by atoms with van der Waals surface area (Å²) in [5.41, 5.74) is 2.45. The molecule has 166 valence electrons. The number of ether oxygens (including phenoxy) is 2. The number of tetrazole rings is 1. The number of carbonyl (C=O) groups excluding carboxylic acids is 1. The number of amides is 1. The van der Waals surface area contributed by atoms with E-state index in [4.69, 9.17) is 9.47 Å². The normalized spacial score (nSPS) is 15.1. The summed E-state index contributed by atoms with van der Waals surface area (Å²) in [6, 6.07) is 12.4. The van der Waals surface area contributed by atoms with Gasteiger partial charge in [0.25, 0.3) is 5.91 Å². The molecule has 0 aliphatic carbocycles. The van der Waals surface area contributed by atoms with Crippen LogP contribution in [-0.4, -0.2) is 39.8 Å². The third-order valence-electron chi connectivity index (χ3n) is 5.04. The molecule has 1 aliphatic rings. The van der Waals surface area contributed by atoms with E-state index in [0.29, 0.717) is 41.0 Å². The number of hydrogen-bond acceptors (Lipinski definition) is 7. The van der Waals surface area contributed by atoms with Crippen LogP contribution in [0.25, 0.3) is 0 Å². The Morgan fingerprint density at radius 1 is 1.25 bits per heavy atom. The molecule has 2 aromatic carbocycles. The van der Waals surface area contributed by atoms with Crippen molar-refractivity contribution in [3.8, 4) is 11.5 Å². The number of anilines is 2. The van der Waals surface area contributed by atoms with E-state index in [1.165, 1.54) is 0 Å². The summed E-state index contributed by atoms with van der Waals surface area (Å²) in [5, 5.41) is 18.1. The number of hydrogen-bond donors (Lipinski definition) is 2. The number of rotatable bonds is 7. The van der Waals surface area contributed by atoms with Gasteiger partial charge in [-0.3, -0.25) is 4.79 Å². The molecular weight excluding hydrogens is 476 g/mol. The highest BCUT2D eigenvalue weighted by Gasteiger charge is 2.36. The largest absolute Gasteiger partial charge is 0.495 e. The summed E-state index contributed by atoms with van der Waals surface area (Å²) >= 11 is 3.54. The summed E-state index contributed by atoms with van der Waals surface area (Å²) in [4.78, 5) is 13.6. The lowest BCUT2D eigenvalue weighted by atomic mass is 9.94. The molecule has 0 saturated heterocycles. The van der Waals surface area contributed by atoms with Gasteiger partial charge in [-0.1, -0.05) is 40.1 Å². The Labute approximate surface area is 193 Å². The van der Waals surface area contributed by atoms with Gasteiger partial charge >= 0.3 is 0 Å². The molecule has 9 nitrogen and oxygen atoms in total. The third-order valence-corrected chi connectivity index (χ3v) is 5.54. The predicted octanol–water partition coefficient (Wildman–Crippen LogP) is 4.16. The number of para-hydroxylation sites is 2. The zero-order chi connectivity index (χ0) is 22.7. The maximum atomic E-state index is 13.6. The second-order valence-electron chi connectivity index (χ2n) is 7.20. The molecule has 1 atom stereocenters. The molecule has 0 bridgehead atoms. The molecule has 2 heterocycles. The molecule has 1 aromatic heterocycles. The van der Waals surface area contributed by atoms with Crippen LogP contribution in [-0.2, 0) is 4.79 Å². The van der Waals surface area contributed by atoms with E-state index in [0.717, 1.165) is 16.5 Å². The average Bonchev–Trinajstić information content (AvgIpc) is 3.25. The summed E-state index contributed by atoms with van der Waals surface area (Å²) in [6.45, 7) is 4.42. The monoisotopic (exact) mass is 498 g/mol. The van der Waals surface area contributed by atoms with Gasteiger partial charge in [-0.15, -0.1) is 0 Å². The quantitative estimate of drug-likeness (QED) is 0.503. The predicted molar refractivity (Wildman–Crippen MR) is 124 cm³/mol. The first-order valence-electron chi connectivity index (χ1n) is 10.2. The fourth-order valence-electron chi connectivity index (χ4n) is 3.61. The maximum Gasteiger partial charge on any atom is 0.255 e. The number of methoxy groups -OCH3 is 1. The summed E-state index contributed by atoms with van der Waals surface area (Å²) in [7, 11) is 1.56. The number of allylic oxidation sites excluding steroid dienone is 1. The number of benzene rings is 2. The van der Waals surface area contributed by atoms with E-state index in [1.54, 1.807) is 23.9 Å². The Balaban J connectivity index is 1.81. The van der Waals surface area contributed by atoms with Crippen LogP contribution in [0.2, 0.25) is 0 Å². The van der Waals surface area contributed by atoms with E-state index in [-0.39, 0.29) is 5.91 Å². The van der Waals surface area contributed by atoms with Crippen LogP contribution in [0.4, 0.5) is 11.6 Å². The maximum absolute atomic E-state index is 13.6. The molecule has 1 aliphatic heterocycles. The molecule has 3 aromatic rings. The lowest BCUT2D eigenvalue weighted by molar-refractivity contribution is -0.113. The average molecular weight is 499 g/mol. The lowest BCUT2D eigenvalue weighted by Crippen LogP contribution is -2.32. The van der Waals surface area contributed by atoms with Gasteiger partial charge in [0, 0.05) is 15.7 Å². The number of fused-ring (bicyclic) bond motifs is 1. The van der Waals surface area contributed by atoms with Crippen molar-refractivity contribution < 1.29 is 14.3 Å². The topological polar surface area (TPSA) is 103 Å². The molecule has 1 amide bonds. The van der Waals surface area contributed by atoms with Gasteiger partial charge in [0.1, 0.15) is 17.5 Å². The van der Waals surface area contributed by atoms with Crippen LogP contribution < -0.4 is 20.1 Å². The lowest BCUT2D eigenvalue weighted by Gasteiger charge is -2.29. The highest BCUT2D eigenvalue weighted by Crippen LogP contribution is 2.40. The molecule has 4 rings (SSSR count). The van der Waals surface area contributed by atoms with Crippen molar-refractivity contribution >= 4 is 33.5 Å². The first-order valence-corrected chi connectivity index (χ1v) is 10.9. The molecule has 0 unspecified atom stereocenters. The Hall–Kier alpha value is -3.40. The van der Waals surface area contributed by atoms with Gasteiger partial charge in [0.05, 0.1) is 25.0 Å². The third kappa shape index (κ3) is 4.18. The van der Waals surface area contributed by atoms with E-state index >= 15 is 0 Å². The molecule has 2 N–H and O–H groups in total. The number of halogens is 1. The van der Waals surface area contributed by atoms with Crippen LogP contribution in [0.1, 0.15) is 31.9 Å². The second kappa shape index (κ2) is 9.39. The molecule has 10 heteroatoms. The summed E-state index contributed by atoms with van der Waals surface area (Å²) in [6.07, 6.45) is 0.855. The fraction of sp³-hybridized carbons (Fsp3) is 0.273. The smallest absolute Gasteiger partial charge is 0.255 e. The van der Waals surface area contributed by atoms with Gasteiger partial charge in [-0.25, -0.2) is 0 Å². The van der Waals surface area contributed by atoms with Gasteiger partial charge in [-0.2, -0.15) is 4.68 Å². The van der Waals surface area contributed by atoms with Crippen molar-refractivity contribution in [2.75, 3.05) is 24.4 Å². The molecule has 0 saturated carbocycles. The summed E-state index contributed by atoms with van der Waals surface area (Å²) in [5.74, 6) is 1.38. The number of aromatic nitrogens is 4. The Kier molecular flexibility index (Phi) is 6.40. The van der Waals surface area contributed by atoms with Crippen molar-refractivity contribution in [1.29, 1.82) is 0 Å². The Bertz CT molecular complexity index is 1180. The minimum Gasteiger partial charge on any atom is -0.495 e. The zero-order valence-electron chi connectivity index (χ0n) is 17.9. The van der Waals surface area contributed by atoms with Gasteiger partial charge in [0.2, 0.25) is 5.95 Å². The molecular formula is C22H23BrN6O3. The van der Waals surface area contributed by atoms with Crippen LogP contribution in [0.15, 0.2) is 58.2 Å². The second-order valence-corrected chi connectivity index (χ2v) is 8.11. The zero-order valence-corrected chi connectivity index (χ0v) is 19.5. The standard InChI is InChI=1S/C22H23BrN6O3/c1-4-11-32-17-10-9-14(23)12-15(17)20-19(13(2)24-22-26-27-28-29(20)22)21(30)25-16-7-5-6-8-18(16)31-3/h5-10,12,20H,4,11H2,1-3H3,(H,25,30)(H,24,26,28)/t20-/m0/s1. The van der Waals surface area contributed by atoms with Crippen LogP contribution >= 0.6 is 15.9 Å². The minimum atomic E-state index is -0.597. The number of nitrogens with zero attached hydrogens (tertiary/aromatic N) is 4. The SMILES string of the molecule is CCCOc1ccc(Br)cc1[C@H]1C(C(=O)Nc2ccccc2OC)=C(C)Nc2nnnn21. The highest BCUT2D eigenvalue weighted by atomic mass is 79.9. The van der Waals surface area contributed by atoms with Crippen molar-refractivity contribution in [3.63, 3.8) is 0 Å². The van der Waals surface area contributed by atoms with Crippen molar-refractivity contribution in [2.24, 2.45) is 0 Å². The summed E-state index contributed by atoms with van der Waals surface area (Å²) < 4.78 is 13.8. The molecule has 0 radical (unpaired) electrons. The van der Waals surface area contributed by atoms with Crippen LogP contribution in [0, 0.1) is 0 Å². The fourth-order valence-corrected chi connectivity index (χ4v) is 3.99. The first-order chi connectivity index (χ1) is 15.5. The van der Waals surface area contributed by atoms with E-state index in [9.17, 15) is 4.79 Å². The van der Waals surface area contributed by atoms with Gasteiger partial charge in [-0.05, 0) is 54.1 Å². The Morgan fingerprint density at radius 3 is 2.84 bits per heavy atom. The van der Waals surface area contributed by atoms with E-state index in [2.05, 4.69) is 42.1 Å². The van der Waals surface area contributed by atoms with Crippen LogP contribution in [0.3, 0.4) is 0 Å². The van der Waals surface area contributed by atoms with Crippen molar-refractivity contribution in [2.45, 2.75) is 26.3 Å². The van der Waals surface area contributed by atoms with Crippen molar-refractivity contribution in [1.82, 2.24) is 20.2 Å². The highest BCUT2D eigenvalue weighted by molar-refractivity contribution is 9.10. The number of carbonyl (C=O) groups is 1. The van der Waals surface area contributed by atoms with Crippen molar-refractivity contribution in [3.05, 3.63) is 63.8 Å². The molecule has 0 spiro atoms. The van der Waals surface area contributed by atoms with Gasteiger partial charge in [0.15, 0.2) is 0 Å². The van der Waals surface area contributed by atoms with E-state index in [1.807, 2.05) is 44.2 Å². The van der Waals surface area contributed by atoms with Gasteiger partial charge < -0.3 is 20.1 Å². The molecule has 0 fully saturated rings. The van der Waals surface area contributed by atoms with E-state index < -0.39 is 6.04 Å². The first kappa shape index (κ1) is 21.8. The minimum absolute atomic E-state index is 0.299. The molecule has 32 heavy (non-hydrogen) atoms. The number of nitrogens with one attached hydrogen (secondary N) is 2.